The largest absolute Gasteiger partial charge is 0.323 e. The van der Waals surface area contributed by atoms with Gasteiger partial charge in [0.05, 0.1) is 20.8 Å². The summed E-state index contributed by atoms with van der Waals surface area (Å²) in [4.78, 5) is 30.8. The number of nitrogens with zero attached hydrogens (tertiary/aromatic N) is 2. The second kappa shape index (κ2) is 8.69. The van der Waals surface area contributed by atoms with Gasteiger partial charge in [0.1, 0.15) is 0 Å². The predicted octanol–water partition coefficient (Wildman–Crippen LogP) is 4.90. The van der Waals surface area contributed by atoms with E-state index >= 15 is 0 Å². The van der Waals surface area contributed by atoms with Gasteiger partial charge in [-0.05, 0) is 55.0 Å². The molecule has 0 bridgehead atoms. The number of rotatable bonds is 5. The minimum atomic E-state index is -0.415. The van der Waals surface area contributed by atoms with Crippen LogP contribution >= 0.6 is 22.9 Å². The highest BCUT2D eigenvalue weighted by Gasteiger charge is 2.17. The zero-order valence-corrected chi connectivity index (χ0v) is 17.8. The maximum Gasteiger partial charge on any atom is 0.279 e. The van der Waals surface area contributed by atoms with Gasteiger partial charge in [-0.2, -0.15) is 0 Å². The van der Waals surface area contributed by atoms with E-state index in [1.165, 1.54) is 11.3 Å². The molecule has 0 saturated heterocycles. The number of halogens is 1. The number of amides is 2. The Bertz CT molecular complexity index is 1210. The fraction of sp³-hybridized carbons (Fsp3) is 0.136. The minimum Gasteiger partial charge on any atom is -0.323 e. The summed E-state index contributed by atoms with van der Waals surface area (Å²) in [5.41, 5.74) is 7.28. The maximum absolute atomic E-state index is 12.5. The molecule has 0 fully saturated rings. The molecule has 8 heteroatoms. The molecule has 30 heavy (non-hydrogen) atoms. The van der Waals surface area contributed by atoms with Crippen molar-refractivity contribution in [2.75, 3.05) is 0 Å². The molecule has 152 valence electrons. The Morgan fingerprint density at radius 2 is 1.73 bits per heavy atom. The average Bonchev–Trinajstić information content (AvgIpc) is 3.38. The molecule has 4 aromatic rings. The fourth-order valence-electron chi connectivity index (χ4n) is 3.14. The van der Waals surface area contributed by atoms with Crippen molar-refractivity contribution in [1.82, 2.24) is 20.4 Å². The van der Waals surface area contributed by atoms with Crippen LogP contribution in [0.1, 0.15) is 33.4 Å². The van der Waals surface area contributed by atoms with Gasteiger partial charge in [-0.25, -0.2) is 4.98 Å². The third kappa shape index (κ3) is 4.08. The first-order valence-corrected chi connectivity index (χ1v) is 10.7. The molecule has 0 radical (unpaired) electrons. The topological polar surface area (TPSA) is 76.0 Å². The summed E-state index contributed by atoms with van der Waals surface area (Å²) in [6.45, 7) is 2.96. The summed E-state index contributed by atoms with van der Waals surface area (Å²) in [7, 11) is 0. The summed E-state index contributed by atoms with van der Waals surface area (Å²) in [5, 5.41) is 0.538. The molecule has 6 nitrogen and oxygen atoms in total. The lowest BCUT2D eigenvalue weighted by atomic mass is 10.2. The Kier molecular flexibility index (Phi) is 5.83. The molecule has 0 aliphatic rings. The molecule has 4 rings (SSSR count). The smallest absolute Gasteiger partial charge is 0.279 e. The van der Waals surface area contributed by atoms with E-state index in [1.807, 2.05) is 24.3 Å². The third-order valence-electron chi connectivity index (χ3n) is 4.55. The molecule has 2 heterocycles. The zero-order valence-electron chi connectivity index (χ0n) is 16.2. The molecule has 2 aromatic carbocycles. The first-order chi connectivity index (χ1) is 14.6. The molecule has 0 atom stereocenters. The van der Waals surface area contributed by atoms with Crippen molar-refractivity contribution in [3.8, 4) is 10.7 Å². The number of hydrogen-bond acceptors (Lipinski definition) is 4. The van der Waals surface area contributed by atoms with Crippen LogP contribution in [0.2, 0.25) is 5.02 Å². The van der Waals surface area contributed by atoms with Gasteiger partial charge in [0.25, 0.3) is 11.8 Å². The third-order valence-corrected chi connectivity index (χ3v) is 5.88. The number of aromatic nitrogens is 2. The van der Waals surface area contributed by atoms with E-state index in [4.69, 9.17) is 16.6 Å². The van der Waals surface area contributed by atoms with Crippen LogP contribution in [-0.2, 0) is 6.54 Å². The first kappa shape index (κ1) is 20.1. The van der Waals surface area contributed by atoms with Crippen molar-refractivity contribution in [2.24, 2.45) is 0 Å². The number of hydrogen-bond donors (Lipinski definition) is 2. The van der Waals surface area contributed by atoms with Gasteiger partial charge in [0, 0.05) is 17.1 Å². The number of carbonyl (C=O) groups excluding carboxylic acids is 2. The second-order valence-corrected chi connectivity index (χ2v) is 8.18. The van der Waals surface area contributed by atoms with Crippen molar-refractivity contribution < 1.29 is 9.59 Å². The van der Waals surface area contributed by atoms with Crippen LogP contribution in [0, 0.1) is 0 Å². The number of nitrogens with one attached hydrogen (secondary N) is 2. The standard InChI is InChI=1S/C22H19ClN4O2S/c1-2-13-27-17-6-4-3-5-16(17)24-20(27)18-11-12-19(30-18)22(29)26-25-21(28)14-7-9-15(23)10-8-14/h3-12H,2,13H2,1H3,(H,25,28)(H,26,29). The molecular weight excluding hydrogens is 420 g/mol. The van der Waals surface area contributed by atoms with E-state index in [0.29, 0.717) is 15.5 Å². The van der Waals surface area contributed by atoms with Crippen molar-refractivity contribution in [3.05, 3.63) is 76.1 Å². The Morgan fingerprint density at radius 3 is 2.50 bits per heavy atom. The Hall–Kier alpha value is -3.16. The van der Waals surface area contributed by atoms with E-state index in [1.54, 1.807) is 30.3 Å². The van der Waals surface area contributed by atoms with Crippen LogP contribution in [0.25, 0.3) is 21.7 Å². The molecular formula is C22H19ClN4O2S. The summed E-state index contributed by atoms with van der Waals surface area (Å²) in [6, 6.07) is 18.0. The highest BCUT2D eigenvalue weighted by molar-refractivity contribution is 7.17. The van der Waals surface area contributed by atoms with E-state index in [9.17, 15) is 9.59 Å². The second-order valence-electron chi connectivity index (χ2n) is 6.65. The Balaban J connectivity index is 1.51. The molecule has 2 amide bonds. The van der Waals surface area contributed by atoms with Gasteiger partial charge in [-0.3, -0.25) is 20.4 Å². The molecule has 2 aromatic heterocycles. The molecule has 0 unspecified atom stereocenters. The molecule has 0 saturated carbocycles. The maximum atomic E-state index is 12.5. The number of imidazole rings is 1. The summed E-state index contributed by atoms with van der Waals surface area (Å²) < 4.78 is 2.17. The lowest BCUT2D eigenvalue weighted by Gasteiger charge is -2.07. The van der Waals surface area contributed by atoms with Crippen LogP contribution < -0.4 is 10.9 Å². The Morgan fingerprint density at radius 1 is 1.00 bits per heavy atom. The van der Waals surface area contributed by atoms with Crippen LogP contribution in [0.5, 0.6) is 0 Å². The average molecular weight is 439 g/mol. The Labute approximate surface area is 182 Å². The number of para-hydroxylation sites is 2. The lowest BCUT2D eigenvalue weighted by molar-refractivity contribution is 0.0849. The number of aryl methyl sites for hydroxylation is 1. The number of fused-ring (bicyclic) bond motifs is 1. The van der Waals surface area contributed by atoms with Gasteiger partial charge in [-0.15, -0.1) is 11.3 Å². The van der Waals surface area contributed by atoms with Crippen molar-refractivity contribution in [3.63, 3.8) is 0 Å². The van der Waals surface area contributed by atoms with E-state index in [0.717, 1.165) is 34.7 Å². The van der Waals surface area contributed by atoms with Gasteiger partial charge in [0.2, 0.25) is 0 Å². The predicted molar refractivity (Wildman–Crippen MR) is 120 cm³/mol. The van der Waals surface area contributed by atoms with Crippen molar-refractivity contribution in [1.29, 1.82) is 0 Å². The summed E-state index contributed by atoms with van der Waals surface area (Å²) in [6.07, 6.45) is 0.975. The number of carbonyl (C=O) groups is 2. The monoisotopic (exact) mass is 438 g/mol. The highest BCUT2D eigenvalue weighted by Crippen LogP contribution is 2.30. The normalized spacial score (nSPS) is 10.9. The van der Waals surface area contributed by atoms with Crippen LogP contribution in [0.4, 0.5) is 0 Å². The van der Waals surface area contributed by atoms with Gasteiger partial charge in [0.15, 0.2) is 5.82 Å². The van der Waals surface area contributed by atoms with E-state index in [2.05, 4.69) is 28.4 Å². The molecule has 0 aliphatic heterocycles. The number of hydrazine groups is 1. The summed E-state index contributed by atoms with van der Waals surface area (Å²) in [5.74, 6) is 0.0422. The van der Waals surface area contributed by atoms with Crippen LogP contribution in [-0.4, -0.2) is 21.4 Å². The SMILES string of the molecule is CCCn1c(-c2ccc(C(=O)NNC(=O)c3ccc(Cl)cc3)s2)nc2ccccc21. The zero-order chi connectivity index (χ0) is 21.1. The quantitative estimate of drug-likeness (QED) is 0.435. The van der Waals surface area contributed by atoms with E-state index < -0.39 is 5.91 Å². The van der Waals surface area contributed by atoms with Gasteiger partial charge < -0.3 is 4.57 Å². The number of thiophene rings is 1. The lowest BCUT2D eigenvalue weighted by Crippen LogP contribution is -2.41. The van der Waals surface area contributed by atoms with Crippen LogP contribution in [0.3, 0.4) is 0 Å². The first-order valence-electron chi connectivity index (χ1n) is 9.48. The fourth-order valence-corrected chi connectivity index (χ4v) is 4.17. The highest BCUT2D eigenvalue weighted by atomic mass is 35.5. The minimum absolute atomic E-state index is 0.383. The van der Waals surface area contributed by atoms with Gasteiger partial charge in [-0.1, -0.05) is 30.7 Å². The van der Waals surface area contributed by atoms with Crippen LogP contribution in [0.15, 0.2) is 60.7 Å². The molecule has 0 spiro atoms. The molecule has 2 N–H and O–H groups in total. The van der Waals surface area contributed by atoms with E-state index in [-0.39, 0.29) is 5.91 Å². The van der Waals surface area contributed by atoms with Gasteiger partial charge >= 0.3 is 0 Å². The summed E-state index contributed by atoms with van der Waals surface area (Å²) >= 11 is 7.16. The molecule has 0 aliphatic carbocycles. The van der Waals surface area contributed by atoms with Crippen molar-refractivity contribution >= 4 is 45.8 Å². The van der Waals surface area contributed by atoms with Crippen molar-refractivity contribution in [2.45, 2.75) is 19.9 Å². The number of benzene rings is 2.